The quantitative estimate of drug-likeness (QED) is 0.730. The van der Waals surface area contributed by atoms with Crippen molar-refractivity contribution < 1.29 is 9.47 Å². The minimum Gasteiger partial charge on any atom is -0.485 e. The van der Waals surface area contributed by atoms with Crippen LogP contribution in [0.1, 0.15) is 24.2 Å². The molecule has 1 N–H and O–H groups in total. The highest BCUT2D eigenvalue weighted by atomic mass is 16.5. The van der Waals surface area contributed by atoms with Gasteiger partial charge in [0.15, 0.2) is 0 Å². The van der Waals surface area contributed by atoms with E-state index < -0.39 is 0 Å². The van der Waals surface area contributed by atoms with Crippen molar-refractivity contribution in [3.63, 3.8) is 0 Å². The van der Waals surface area contributed by atoms with E-state index in [1.165, 1.54) is 5.56 Å². The van der Waals surface area contributed by atoms with Crippen molar-refractivity contribution in [3.8, 4) is 5.75 Å². The Morgan fingerprint density at radius 1 is 1.12 bits per heavy atom. The lowest BCUT2D eigenvalue weighted by atomic mass is 9.93. The molecular weight excluding hydrogens is 328 g/mol. The standard InChI is InChI=1S/C20H22N4O2/c1-14-22-18-16(6-9-21-18)19(23-14)24-12-15-4-2-3-5-17(15)26-20(13-24)7-10-25-11-8-20/h2-6,9H,7-8,10-13H2,1H3,(H,21,22,23). The fourth-order valence-corrected chi connectivity index (χ4v) is 4.04. The topological polar surface area (TPSA) is 63.3 Å². The van der Waals surface area contributed by atoms with Gasteiger partial charge in [0.25, 0.3) is 0 Å². The van der Waals surface area contributed by atoms with Crippen LogP contribution in [0.2, 0.25) is 0 Å². The van der Waals surface area contributed by atoms with Crippen molar-refractivity contribution in [1.82, 2.24) is 15.0 Å². The summed E-state index contributed by atoms with van der Waals surface area (Å²) in [5, 5.41) is 1.05. The lowest BCUT2D eigenvalue weighted by Crippen LogP contribution is -2.49. The second kappa shape index (κ2) is 5.99. The predicted octanol–water partition coefficient (Wildman–Crippen LogP) is 3.21. The van der Waals surface area contributed by atoms with Crippen LogP contribution >= 0.6 is 0 Å². The second-order valence-electron chi connectivity index (χ2n) is 7.20. The first-order chi connectivity index (χ1) is 12.7. The molecule has 2 aliphatic heterocycles. The number of H-pyrrole nitrogens is 1. The van der Waals surface area contributed by atoms with Gasteiger partial charge in [-0.25, -0.2) is 9.97 Å². The molecule has 3 aromatic rings. The highest BCUT2D eigenvalue weighted by Gasteiger charge is 2.40. The molecule has 6 heteroatoms. The van der Waals surface area contributed by atoms with E-state index in [0.717, 1.165) is 67.6 Å². The average Bonchev–Trinajstić information content (AvgIpc) is 3.04. The Balaban J connectivity index is 1.64. The van der Waals surface area contributed by atoms with Gasteiger partial charge in [-0.15, -0.1) is 0 Å². The molecule has 0 amide bonds. The number of para-hydroxylation sites is 1. The first kappa shape index (κ1) is 15.6. The molecule has 0 atom stereocenters. The minimum atomic E-state index is -0.244. The summed E-state index contributed by atoms with van der Waals surface area (Å²) in [5.41, 5.74) is 1.83. The zero-order valence-corrected chi connectivity index (χ0v) is 14.9. The fraction of sp³-hybridized carbons (Fsp3) is 0.400. The average molecular weight is 350 g/mol. The van der Waals surface area contributed by atoms with E-state index in [1.54, 1.807) is 0 Å². The second-order valence-corrected chi connectivity index (χ2v) is 7.20. The molecular formula is C20H22N4O2. The highest BCUT2D eigenvalue weighted by Crippen LogP contribution is 2.37. The first-order valence-corrected chi connectivity index (χ1v) is 9.14. The maximum absolute atomic E-state index is 6.59. The van der Waals surface area contributed by atoms with E-state index in [4.69, 9.17) is 14.5 Å². The van der Waals surface area contributed by atoms with E-state index in [-0.39, 0.29) is 5.60 Å². The van der Waals surface area contributed by atoms with Gasteiger partial charge in [0, 0.05) is 31.1 Å². The summed E-state index contributed by atoms with van der Waals surface area (Å²) in [7, 11) is 0. The molecule has 5 rings (SSSR count). The first-order valence-electron chi connectivity index (χ1n) is 9.14. The number of ether oxygens (including phenoxy) is 2. The van der Waals surface area contributed by atoms with Crippen LogP contribution in [0.15, 0.2) is 36.5 Å². The van der Waals surface area contributed by atoms with Crippen LogP contribution in [0.25, 0.3) is 11.0 Å². The SMILES string of the molecule is Cc1nc(N2Cc3ccccc3OC3(CCOCC3)C2)c2cc[nH]c2n1. The van der Waals surface area contributed by atoms with Gasteiger partial charge in [-0.3, -0.25) is 0 Å². The third-order valence-electron chi connectivity index (χ3n) is 5.35. The highest BCUT2D eigenvalue weighted by molar-refractivity contribution is 5.87. The summed E-state index contributed by atoms with van der Waals surface area (Å²) in [5.74, 6) is 2.72. The molecule has 1 spiro atoms. The molecule has 0 saturated carbocycles. The number of benzene rings is 1. The van der Waals surface area contributed by atoms with Crippen molar-refractivity contribution in [2.45, 2.75) is 31.9 Å². The third-order valence-corrected chi connectivity index (χ3v) is 5.35. The van der Waals surface area contributed by atoms with Crippen LogP contribution in [-0.2, 0) is 11.3 Å². The summed E-state index contributed by atoms with van der Waals surface area (Å²) in [6.45, 7) is 4.98. The van der Waals surface area contributed by atoms with Gasteiger partial charge in [-0.2, -0.15) is 0 Å². The number of fused-ring (bicyclic) bond motifs is 2. The molecule has 4 heterocycles. The monoisotopic (exact) mass is 350 g/mol. The molecule has 1 saturated heterocycles. The van der Waals surface area contributed by atoms with Gasteiger partial charge in [0.1, 0.15) is 28.6 Å². The Kier molecular flexibility index (Phi) is 3.60. The Hall–Kier alpha value is -2.60. The normalized spacial score (nSPS) is 19.2. The molecule has 1 aromatic carbocycles. The maximum Gasteiger partial charge on any atom is 0.143 e. The van der Waals surface area contributed by atoms with E-state index in [9.17, 15) is 0 Å². The summed E-state index contributed by atoms with van der Waals surface area (Å²) in [4.78, 5) is 14.9. The van der Waals surface area contributed by atoms with E-state index >= 15 is 0 Å². The minimum absolute atomic E-state index is 0.244. The van der Waals surface area contributed by atoms with Crippen LogP contribution < -0.4 is 9.64 Å². The number of rotatable bonds is 1. The van der Waals surface area contributed by atoms with Crippen molar-refractivity contribution in [2.75, 3.05) is 24.7 Å². The van der Waals surface area contributed by atoms with Crippen molar-refractivity contribution in [2.24, 2.45) is 0 Å². The number of hydrogen-bond acceptors (Lipinski definition) is 5. The molecule has 1 fully saturated rings. The number of hydrogen-bond donors (Lipinski definition) is 1. The molecule has 0 aliphatic carbocycles. The lowest BCUT2D eigenvalue weighted by Gasteiger charge is -2.39. The summed E-state index contributed by atoms with van der Waals surface area (Å²) >= 11 is 0. The third kappa shape index (κ3) is 2.61. The van der Waals surface area contributed by atoms with Gasteiger partial charge >= 0.3 is 0 Å². The Bertz CT molecular complexity index is 946. The fourth-order valence-electron chi connectivity index (χ4n) is 4.04. The number of nitrogens with one attached hydrogen (secondary N) is 1. The maximum atomic E-state index is 6.59. The van der Waals surface area contributed by atoms with Crippen LogP contribution in [0, 0.1) is 6.92 Å². The molecule has 2 aliphatic rings. The zero-order chi connectivity index (χ0) is 17.6. The summed E-state index contributed by atoms with van der Waals surface area (Å²) in [6.07, 6.45) is 3.70. The van der Waals surface area contributed by atoms with Gasteiger partial charge in [-0.1, -0.05) is 18.2 Å². The Morgan fingerprint density at radius 2 is 1.96 bits per heavy atom. The summed E-state index contributed by atoms with van der Waals surface area (Å²) in [6, 6.07) is 10.4. The van der Waals surface area contributed by atoms with E-state index in [0.29, 0.717) is 0 Å². The molecule has 0 radical (unpaired) electrons. The van der Waals surface area contributed by atoms with Gasteiger partial charge in [0.2, 0.25) is 0 Å². The zero-order valence-electron chi connectivity index (χ0n) is 14.9. The smallest absolute Gasteiger partial charge is 0.143 e. The lowest BCUT2D eigenvalue weighted by molar-refractivity contribution is -0.0391. The number of aryl methyl sites for hydroxylation is 1. The van der Waals surface area contributed by atoms with Crippen LogP contribution in [-0.4, -0.2) is 40.3 Å². The molecule has 2 aromatic heterocycles. The predicted molar refractivity (Wildman–Crippen MR) is 99.5 cm³/mol. The Morgan fingerprint density at radius 3 is 2.85 bits per heavy atom. The van der Waals surface area contributed by atoms with E-state index in [2.05, 4.69) is 39.1 Å². The molecule has 134 valence electrons. The molecule has 0 bridgehead atoms. The van der Waals surface area contributed by atoms with Crippen molar-refractivity contribution in [3.05, 3.63) is 47.9 Å². The molecule has 26 heavy (non-hydrogen) atoms. The van der Waals surface area contributed by atoms with Gasteiger partial charge in [-0.05, 0) is 19.1 Å². The van der Waals surface area contributed by atoms with Crippen molar-refractivity contribution in [1.29, 1.82) is 0 Å². The summed E-state index contributed by atoms with van der Waals surface area (Å²) < 4.78 is 12.2. The van der Waals surface area contributed by atoms with Crippen molar-refractivity contribution >= 4 is 16.9 Å². The van der Waals surface area contributed by atoms with Crippen LogP contribution in [0.4, 0.5) is 5.82 Å². The number of anilines is 1. The van der Waals surface area contributed by atoms with Gasteiger partial charge in [0.05, 0.1) is 25.1 Å². The van der Waals surface area contributed by atoms with Crippen LogP contribution in [0.3, 0.4) is 0 Å². The Labute approximate surface area is 152 Å². The number of nitrogens with zero attached hydrogens (tertiary/aromatic N) is 3. The van der Waals surface area contributed by atoms with E-state index in [1.807, 2.05) is 19.2 Å². The molecule has 0 unspecified atom stereocenters. The number of aromatic nitrogens is 3. The van der Waals surface area contributed by atoms with Gasteiger partial charge < -0.3 is 19.4 Å². The largest absolute Gasteiger partial charge is 0.485 e. The molecule has 6 nitrogen and oxygen atoms in total. The number of aromatic amines is 1. The van der Waals surface area contributed by atoms with Crippen LogP contribution in [0.5, 0.6) is 5.75 Å².